The Hall–Kier alpha value is -2.37. The third kappa shape index (κ3) is 5.08. The second kappa shape index (κ2) is 8.47. The number of carbonyl (C=O) groups excluding carboxylic acids is 3. The van der Waals surface area contributed by atoms with E-state index >= 15 is 0 Å². The van der Waals surface area contributed by atoms with Gasteiger partial charge >= 0.3 is 0 Å². The van der Waals surface area contributed by atoms with E-state index in [4.69, 9.17) is 0 Å². The molecule has 0 atom stereocenters. The van der Waals surface area contributed by atoms with E-state index in [0.29, 0.717) is 45.7 Å². The van der Waals surface area contributed by atoms with Crippen LogP contribution < -0.4 is 0 Å². The summed E-state index contributed by atoms with van der Waals surface area (Å²) in [5.74, 6) is 0.0540. The Labute approximate surface area is 143 Å². The average molecular weight is 331 g/mol. The van der Waals surface area contributed by atoms with Crippen LogP contribution in [0.15, 0.2) is 30.3 Å². The minimum absolute atomic E-state index is 0.0342. The maximum absolute atomic E-state index is 12.3. The first kappa shape index (κ1) is 18.0. The Balaban J connectivity index is 1.82. The van der Waals surface area contributed by atoms with Gasteiger partial charge in [0.25, 0.3) is 0 Å². The van der Waals surface area contributed by atoms with Crippen molar-refractivity contribution in [1.82, 2.24) is 14.7 Å². The highest BCUT2D eigenvalue weighted by Crippen LogP contribution is 2.08. The SMILES string of the molecule is CC(=O)N1CCN(C(=O)CCN(Cc2ccccc2)C(C)=O)CC1. The van der Waals surface area contributed by atoms with Crippen molar-refractivity contribution in [3.05, 3.63) is 35.9 Å². The number of hydrogen-bond donors (Lipinski definition) is 0. The Morgan fingerprint density at radius 2 is 1.54 bits per heavy atom. The van der Waals surface area contributed by atoms with Crippen LogP contribution in [0.3, 0.4) is 0 Å². The van der Waals surface area contributed by atoms with Crippen LogP contribution in [-0.2, 0) is 20.9 Å². The number of piperazine rings is 1. The molecule has 1 aromatic rings. The molecule has 0 aromatic heterocycles. The molecule has 6 nitrogen and oxygen atoms in total. The normalized spacial score (nSPS) is 14.4. The van der Waals surface area contributed by atoms with Gasteiger partial charge in [0, 0.05) is 59.5 Å². The summed E-state index contributed by atoms with van der Waals surface area (Å²) in [5.41, 5.74) is 1.05. The summed E-state index contributed by atoms with van der Waals surface area (Å²) in [6.45, 7) is 6.31. The molecule has 2 rings (SSSR count). The highest BCUT2D eigenvalue weighted by atomic mass is 16.2. The summed E-state index contributed by atoms with van der Waals surface area (Å²) in [5, 5.41) is 0. The first-order chi connectivity index (χ1) is 11.5. The quantitative estimate of drug-likeness (QED) is 0.812. The van der Waals surface area contributed by atoms with E-state index in [1.54, 1.807) is 21.6 Å². The molecule has 130 valence electrons. The minimum atomic E-state index is -0.0342. The van der Waals surface area contributed by atoms with Gasteiger partial charge in [-0.15, -0.1) is 0 Å². The lowest BCUT2D eigenvalue weighted by Gasteiger charge is -2.34. The molecule has 0 aliphatic carbocycles. The highest BCUT2D eigenvalue weighted by molar-refractivity contribution is 5.79. The van der Waals surface area contributed by atoms with Gasteiger partial charge in [0.2, 0.25) is 17.7 Å². The second-order valence-electron chi connectivity index (χ2n) is 6.06. The van der Waals surface area contributed by atoms with Crippen LogP contribution in [0.4, 0.5) is 0 Å². The number of benzene rings is 1. The molecular weight excluding hydrogens is 306 g/mol. The molecule has 0 N–H and O–H groups in total. The molecule has 24 heavy (non-hydrogen) atoms. The second-order valence-corrected chi connectivity index (χ2v) is 6.06. The van der Waals surface area contributed by atoms with Gasteiger partial charge < -0.3 is 14.7 Å². The smallest absolute Gasteiger partial charge is 0.224 e. The average Bonchev–Trinajstić information content (AvgIpc) is 2.59. The molecule has 0 radical (unpaired) electrons. The lowest BCUT2D eigenvalue weighted by atomic mass is 10.2. The number of nitrogens with zero attached hydrogens (tertiary/aromatic N) is 3. The van der Waals surface area contributed by atoms with Gasteiger partial charge in [-0.3, -0.25) is 14.4 Å². The van der Waals surface area contributed by atoms with E-state index in [1.165, 1.54) is 6.92 Å². The van der Waals surface area contributed by atoms with Crippen LogP contribution in [0.25, 0.3) is 0 Å². The summed E-state index contributed by atoms with van der Waals surface area (Å²) in [6, 6.07) is 9.75. The van der Waals surface area contributed by atoms with Gasteiger partial charge in [0.15, 0.2) is 0 Å². The maximum Gasteiger partial charge on any atom is 0.224 e. The summed E-state index contributed by atoms with van der Waals surface area (Å²) < 4.78 is 0. The Kier molecular flexibility index (Phi) is 6.35. The van der Waals surface area contributed by atoms with Gasteiger partial charge in [0.1, 0.15) is 0 Å². The summed E-state index contributed by atoms with van der Waals surface area (Å²) in [7, 11) is 0. The van der Waals surface area contributed by atoms with Crippen molar-refractivity contribution in [1.29, 1.82) is 0 Å². The van der Waals surface area contributed by atoms with Crippen LogP contribution in [-0.4, -0.2) is 65.1 Å². The molecule has 1 aliphatic rings. The van der Waals surface area contributed by atoms with E-state index in [1.807, 2.05) is 30.3 Å². The summed E-state index contributed by atoms with van der Waals surface area (Å²) in [6.07, 6.45) is 0.312. The molecule has 0 unspecified atom stereocenters. The standard InChI is InChI=1S/C18H25N3O3/c1-15(22)19-10-12-20(13-11-19)18(24)8-9-21(16(2)23)14-17-6-4-3-5-7-17/h3-7H,8-14H2,1-2H3. The van der Waals surface area contributed by atoms with Crippen molar-refractivity contribution >= 4 is 17.7 Å². The third-order valence-corrected chi connectivity index (χ3v) is 4.33. The van der Waals surface area contributed by atoms with Crippen LogP contribution in [0.5, 0.6) is 0 Å². The first-order valence-electron chi connectivity index (χ1n) is 8.30. The van der Waals surface area contributed by atoms with Gasteiger partial charge in [-0.05, 0) is 5.56 Å². The van der Waals surface area contributed by atoms with Crippen molar-refractivity contribution in [2.75, 3.05) is 32.7 Å². The Morgan fingerprint density at radius 1 is 0.958 bits per heavy atom. The van der Waals surface area contributed by atoms with E-state index in [-0.39, 0.29) is 17.7 Å². The Bertz CT molecular complexity index is 580. The monoisotopic (exact) mass is 331 g/mol. The molecular formula is C18H25N3O3. The van der Waals surface area contributed by atoms with Crippen LogP contribution >= 0.6 is 0 Å². The molecule has 1 aromatic carbocycles. The molecule has 0 spiro atoms. The van der Waals surface area contributed by atoms with Crippen LogP contribution in [0.1, 0.15) is 25.8 Å². The fourth-order valence-electron chi connectivity index (χ4n) is 2.81. The largest absolute Gasteiger partial charge is 0.339 e. The van der Waals surface area contributed by atoms with E-state index in [9.17, 15) is 14.4 Å². The highest BCUT2D eigenvalue weighted by Gasteiger charge is 2.22. The minimum Gasteiger partial charge on any atom is -0.339 e. The van der Waals surface area contributed by atoms with Crippen molar-refractivity contribution in [3.63, 3.8) is 0 Å². The molecule has 3 amide bonds. The molecule has 1 saturated heterocycles. The van der Waals surface area contributed by atoms with Gasteiger partial charge in [-0.1, -0.05) is 30.3 Å². The van der Waals surface area contributed by atoms with Gasteiger partial charge in [-0.2, -0.15) is 0 Å². The predicted octanol–water partition coefficient (Wildman–Crippen LogP) is 1.12. The van der Waals surface area contributed by atoms with Crippen molar-refractivity contribution < 1.29 is 14.4 Å². The topological polar surface area (TPSA) is 60.9 Å². The summed E-state index contributed by atoms with van der Waals surface area (Å²) >= 11 is 0. The molecule has 0 saturated carbocycles. The number of carbonyl (C=O) groups is 3. The molecule has 1 heterocycles. The van der Waals surface area contributed by atoms with Crippen molar-refractivity contribution in [2.24, 2.45) is 0 Å². The van der Waals surface area contributed by atoms with Crippen molar-refractivity contribution in [2.45, 2.75) is 26.8 Å². The predicted molar refractivity (Wildman–Crippen MR) is 91.0 cm³/mol. The van der Waals surface area contributed by atoms with Gasteiger partial charge in [0.05, 0.1) is 0 Å². The molecule has 1 fully saturated rings. The van der Waals surface area contributed by atoms with E-state index in [0.717, 1.165) is 5.56 Å². The van der Waals surface area contributed by atoms with Gasteiger partial charge in [-0.25, -0.2) is 0 Å². The maximum atomic E-state index is 12.3. The molecule has 6 heteroatoms. The molecule has 0 bridgehead atoms. The zero-order valence-electron chi connectivity index (χ0n) is 14.4. The Morgan fingerprint density at radius 3 is 2.08 bits per heavy atom. The fraction of sp³-hybridized carbons (Fsp3) is 0.500. The number of rotatable bonds is 5. The number of amides is 3. The fourth-order valence-corrected chi connectivity index (χ4v) is 2.81. The zero-order chi connectivity index (χ0) is 17.5. The summed E-state index contributed by atoms with van der Waals surface area (Å²) in [4.78, 5) is 40.7. The first-order valence-corrected chi connectivity index (χ1v) is 8.30. The van der Waals surface area contributed by atoms with E-state index in [2.05, 4.69) is 0 Å². The number of hydrogen-bond acceptors (Lipinski definition) is 3. The third-order valence-electron chi connectivity index (χ3n) is 4.33. The van der Waals surface area contributed by atoms with Crippen LogP contribution in [0, 0.1) is 0 Å². The zero-order valence-corrected chi connectivity index (χ0v) is 14.4. The van der Waals surface area contributed by atoms with E-state index < -0.39 is 0 Å². The lowest BCUT2D eigenvalue weighted by Crippen LogP contribution is -2.50. The lowest BCUT2D eigenvalue weighted by molar-refractivity contribution is -0.139. The van der Waals surface area contributed by atoms with Crippen molar-refractivity contribution in [3.8, 4) is 0 Å². The van der Waals surface area contributed by atoms with Crippen LogP contribution in [0.2, 0.25) is 0 Å². The molecule has 1 aliphatic heterocycles.